The van der Waals surface area contributed by atoms with Gasteiger partial charge < -0.3 is 5.32 Å². The van der Waals surface area contributed by atoms with Gasteiger partial charge >= 0.3 is 0 Å². The lowest BCUT2D eigenvalue weighted by Gasteiger charge is -2.44. The van der Waals surface area contributed by atoms with E-state index in [-0.39, 0.29) is 0 Å². The Morgan fingerprint density at radius 2 is 1.93 bits per heavy atom. The summed E-state index contributed by atoms with van der Waals surface area (Å²) in [6.45, 7) is 11.9. The number of hydrogen-bond acceptors (Lipinski definition) is 1. The average Bonchev–Trinajstić information content (AvgIpc) is 2.18. The Kier molecular flexibility index (Phi) is 4.43. The van der Waals surface area contributed by atoms with Crippen LogP contribution in [0.4, 0.5) is 0 Å². The number of hydrogen-bond donors (Lipinski definition) is 1. The van der Waals surface area contributed by atoms with Gasteiger partial charge in [0.1, 0.15) is 0 Å². The van der Waals surface area contributed by atoms with Crippen molar-refractivity contribution < 1.29 is 0 Å². The van der Waals surface area contributed by atoms with Crippen molar-refractivity contribution in [2.45, 2.75) is 53.4 Å². The van der Waals surface area contributed by atoms with Crippen molar-refractivity contribution in [2.75, 3.05) is 13.1 Å². The summed E-state index contributed by atoms with van der Waals surface area (Å²) in [6, 6.07) is 0. The summed E-state index contributed by atoms with van der Waals surface area (Å²) < 4.78 is 0. The first-order valence-electron chi connectivity index (χ1n) is 6.35. The fourth-order valence-electron chi connectivity index (χ4n) is 3.12. The molecule has 1 heteroatoms. The molecular formula is C13H27N. The van der Waals surface area contributed by atoms with Crippen LogP contribution in [0.2, 0.25) is 0 Å². The molecule has 1 rings (SSSR count). The molecule has 0 spiro atoms. The predicted molar refractivity (Wildman–Crippen MR) is 63.4 cm³/mol. The first-order chi connectivity index (χ1) is 6.64. The first-order valence-corrected chi connectivity index (χ1v) is 6.35. The zero-order valence-corrected chi connectivity index (χ0v) is 10.4. The molecule has 0 radical (unpaired) electrons. The molecule has 1 unspecified atom stereocenters. The monoisotopic (exact) mass is 197 g/mol. The zero-order chi connectivity index (χ0) is 10.6. The molecule has 1 N–H and O–H groups in total. The summed E-state index contributed by atoms with van der Waals surface area (Å²) in [7, 11) is 0. The maximum absolute atomic E-state index is 3.56. The van der Waals surface area contributed by atoms with Gasteiger partial charge in [0.15, 0.2) is 0 Å². The summed E-state index contributed by atoms with van der Waals surface area (Å²) in [4.78, 5) is 0. The highest BCUT2D eigenvalue weighted by Gasteiger charge is 2.37. The number of rotatable bonds is 4. The van der Waals surface area contributed by atoms with Gasteiger partial charge in [0, 0.05) is 0 Å². The van der Waals surface area contributed by atoms with E-state index >= 15 is 0 Å². The van der Waals surface area contributed by atoms with E-state index in [1.165, 1.54) is 38.8 Å². The third-order valence-corrected chi connectivity index (χ3v) is 4.22. The van der Waals surface area contributed by atoms with Crippen LogP contribution in [-0.4, -0.2) is 13.1 Å². The van der Waals surface area contributed by atoms with Crippen LogP contribution in [0.1, 0.15) is 53.4 Å². The molecule has 1 nitrogen and oxygen atoms in total. The third-order valence-electron chi connectivity index (χ3n) is 4.22. The average molecular weight is 197 g/mol. The third kappa shape index (κ3) is 2.50. The maximum atomic E-state index is 3.56. The molecule has 14 heavy (non-hydrogen) atoms. The highest BCUT2D eigenvalue weighted by molar-refractivity contribution is 4.90. The van der Waals surface area contributed by atoms with Crippen LogP contribution in [-0.2, 0) is 0 Å². The molecule has 0 bridgehead atoms. The Morgan fingerprint density at radius 1 is 1.29 bits per heavy atom. The number of nitrogens with one attached hydrogen (secondary N) is 1. The molecule has 1 aliphatic rings. The summed E-state index contributed by atoms with van der Waals surface area (Å²) in [5, 5.41) is 3.56. The predicted octanol–water partition coefficient (Wildman–Crippen LogP) is 3.45. The van der Waals surface area contributed by atoms with Gasteiger partial charge in [0.2, 0.25) is 0 Å². The summed E-state index contributed by atoms with van der Waals surface area (Å²) >= 11 is 0. The van der Waals surface area contributed by atoms with Crippen LogP contribution in [0.3, 0.4) is 0 Å². The summed E-state index contributed by atoms with van der Waals surface area (Å²) in [5.74, 6) is 1.75. The van der Waals surface area contributed by atoms with Gasteiger partial charge in [0.05, 0.1) is 0 Å². The van der Waals surface area contributed by atoms with Crippen LogP contribution in [0.15, 0.2) is 0 Å². The fraction of sp³-hybridized carbons (Fsp3) is 1.00. The lowest BCUT2D eigenvalue weighted by atomic mass is 9.65. The van der Waals surface area contributed by atoms with Crippen molar-refractivity contribution in [1.29, 1.82) is 0 Å². The Labute approximate surface area is 89.7 Å². The van der Waals surface area contributed by atoms with Crippen molar-refractivity contribution in [2.24, 2.45) is 17.3 Å². The SMILES string of the molecule is CCC1(CC)CCNCC1CC(C)C. The molecular weight excluding hydrogens is 170 g/mol. The largest absolute Gasteiger partial charge is 0.316 e. The van der Waals surface area contributed by atoms with E-state index in [4.69, 9.17) is 0 Å². The minimum atomic E-state index is 0.648. The van der Waals surface area contributed by atoms with E-state index in [0.717, 1.165) is 11.8 Å². The molecule has 1 heterocycles. The van der Waals surface area contributed by atoms with Gasteiger partial charge in [-0.3, -0.25) is 0 Å². The van der Waals surface area contributed by atoms with Crippen LogP contribution < -0.4 is 5.32 Å². The molecule has 0 amide bonds. The second kappa shape index (κ2) is 5.16. The lowest BCUT2D eigenvalue weighted by Crippen LogP contribution is -2.45. The minimum absolute atomic E-state index is 0.648. The van der Waals surface area contributed by atoms with Crippen LogP contribution >= 0.6 is 0 Å². The van der Waals surface area contributed by atoms with Crippen molar-refractivity contribution >= 4 is 0 Å². The molecule has 1 fully saturated rings. The number of piperidine rings is 1. The first kappa shape index (κ1) is 12.0. The van der Waals surface area contributed by atoms with E-state index in [1.807, 2.05) is 0 Å². The molecule has 0 saturated carbocycles. The molecule has 84 valence electrons. The standard InChI is InChI=1S/C13H27N/c1-5-13(6-2)7-8-14-10-12(13)9-11(3)4/h11-12,14H,5-10H2,1-4H3. The molecule has 0 aliphatic carbocycles. The summed E-state index contributed by atoms with van der Waals surface area (Å²) in [5.41, 5.74) is 0.648. The Hall–Kier alpha value is -0.0400. The fourth-order valence-corrected chi connectivity index (χ4v) is 3.12. The molecule has 1 aliphatic heterocycles. The van der Waals surface area contributed by atoms with E-state index in [2.05, 4.69) is 33.0 Å². The van der Waals surface area contributed by atoms with Crippen molar-refractivity contribution in [3.05, 3.63) is 0 Å². The van der Waals surface area contributed by atoms with Crippen LogP contribution in [0, 0.1) is 17.3 Å². The smallest absolute Gasteiger partial charge is 0.00151 e. The Bertz CT molecular complexity index is 159. The van der Waals surface area contributed by atoms with Gasteiger partial charge in [-0.15, -0.1) is 0 Å². The Morgan fingerprint density at radius 3 is 2.43 bits per heavy atom. The van der Waals surface area contributed by atoms with Gasteiger partial charge in [-0.05, 0) is 43.2 Å². The van der Waals surface area contributed by atoms with Crippen molar-refractivity contribution in [1.82, 2.24) is 5.32 Å². The highest BCUT2D eigenvalue weighted by atomic mass is 14.9. The van der Waals surface area contributed by atoms with Crippen LogP contribution in [0.25, 0.3) is 0 Å². The molecule has 1 saturated heterocycles. The van der Waals surface area contributed by atoms with Crippen LogP contribution in [0.5, 0.6) is 0 Å². The van der Waals surface area contributed by atoms with Gasteiger partial charge in [-0.25, -0.2) is 0 Å². The minimum Gasteiger partial charge on any atom is -0.316 e. The normalized spacial score (nSPS) is 26.8. The molecule has 0 aromatic heterocycles. The highest BCUT2D eigenvalue weighted by Crippen LogP contribution is 2.43. The van der Waals surface area contributed by atoms with E-state index < -0.39 is 0 Å². The molecule has 0 aromatic carbocycles. The van der Waals surface area contributed by atoms with Gasteiger partial charge in [-0.1, -0.05) is 40.5 Å². The molecule has 1 atom stereocenters. The van der Waals surface area contributed by atoms with Crippen molar-refractivity contribution in [3.8, 4) is 0 Å². The van der Waals surface area contributed by atoms with E-state index in [1.54, 1.807) is 0 Å². The second-order valence-electron chi connectivity index (χ2n) is 5.35. The second-order valence-corrected chi connectivity index (χ2v) is 5.35. The zero-order valence-electron chi connectivity index (χ0n) is 10.4. The van der Waals surface area contributed by atoms with E-state index in [9.17, 15) is 0 Å². The van der Waals surface area contributed by atoms with Gasteiger partial charge in [0.25, 0.3) is 0 Å². The summed E-state index contributed by atoms with van der Waals surface area (Å²) in [6.07, 6.45) is 5.51. The van der Waals surface area contributed by atoms with Crippen molar-refractivity contribution in [3.63, 3.8) is 0 Å². The molecule has 0 aromatic rings. The van der Waals surface area contributed by atoms with E-state index in [0.29, 0.717) is 5.41 Å². The lowest BCUT2D eigenvalue weighted by molar-refractivity contribution is 0.0792. The maximum Gasteiger partial charge on any atom is -0.00151 e. The quantitative estimate of drug-likeness (QED) is 0.728. The Balaban J connectivity index is 2.66. The topological polar surface area (TPSA) is 12.0 Å². The van der Waals surface area contributed by atoms with Gasteiger partial charge in [-0.2, -0.15) is 0 Å².